The molecule has 0 aromatic heterocycles. The number of hydrogen-bond acceptors (Lipinski definition) is 6. The highest BCUT2D eigenvalue weighted by molar-refractivity contribution is 7.89. The first-order chi connectivity index (χ1) is 14.9. The van der Waals surface area contributed by atoms with Crippen LogP contribution >= 0.6 is 0 Å². The fourth-order valence-corrected chi connectivity index (χ4v) is 4.63. The molecule has 1 heterocycles. The summed E-state index contributed by atoms with van der Waals surface area (Å²) in [5, 5.41) is 5.34. The summed E-state index contributed by atoms with van der Waals surface area (Å²) in [6, 6.07) is 12.6. The number of amides is 2. The van der Waals surface area contributed by atoms with Crippen molar-refractivity contribution in [3.8, 4) is 5.75 Å². The Kier molecular flexibility index (Phi) is 7.61. The molecule has 0 aliphatic carbocycles. The highest BCUT2D eigenvalue weighted by atomic mass is 32.2. The van der Waals surface area contributed by atoms with E-state index in [1.165, 1.54) is 16.4 Å². The first-order valence-corrected chi connectivity index (χ1v) is 11.3. The van der Waals surface area contributed by atoms with Gasteiger partial charge in [0, 0.05) is 25.3 Å². The van der Waals surface area contributed by atoms with E-state index in [0.29, 0.717) is 31.2 Å². The van der Waals surface area contributed by atoms with Gasteiger partial charge in [0.25, 0.3) is 11.8 Å². The zero-order chi connectivity index (χ0) is 22.3. The van der Waals surface area contributed by atoms with Gasteiger partial charge >= 0.3 is 0 Å². The monoisotopic (exact) mass is 447 g/mol. The van der Waals surface area contributed by atoms with Crippen LogP contribution in [0.2, 0.25) is 0 Å². The predicted octanol–water partition coefficient (Wildman–Crippen LogP) is 1.47. The number of hydrogen-bond donors (Lipinski definition) is 2. The lowest BCUT2D eigenvalue weighted by Gasteiger charge is -2.26. The lowest BCUT2D eigenvalue weighted by Crippen LogP contribution is -2.41. The molecule has 9 nitrogen and oxygen atoms in total. The van der Waals surface area contributed by atoms with Crippen LogP contribution in [-0.2, 0) is 19.6 Å². The van der Waals surface area contributed by atoms with E-state index in [9.17, 15) is 18.0 Å². The minimum Gasteiger partial charge on any atom is -0.484 e. The normalized spacial score (nSPS) is 14.6. The molecule has 1 aliphatic heterocycles. The summed E-state index contributed by atoms with van der Waals surface area (Å²) in [5.41, 5.74) is 0.527. The topological polar surface area (TPSA) is 114 Å². The molecule has 31 heavy (non-hydrogen) atoms. The molecule has 0 saturated carbocycles. The van der Waals surface area contributed by atoms with Gasteiger partial charge in [-0.1, -0.05) is 12.1 Å². The van der Waals surface area contributed by atoms with Crippen LogP contribution in [0.25, 0.3) is 0 Å². The standard InChI is InChI=1S/C21H25N3O6S/c1-2-22-20(25)15-30-17-9-7-16(8-10-17)23-21(26)18-5-3-4-6-19(18)31(27,28)24-11-13-29-14-12-24/h3-10H,2,11-15H2,1H3,(H,22,25)(H,23,26). The van der Waals surface area contributed by atoms with E-state index in [1.54, 1.807) is 36.4 Å². The zero-order valence-electron chi connectivity index (χ0n) is 17.2. The molecular weight excluding hydrogens is 422 g/mol. The molecule has 2 aromatic carbocycles. The molecule has 1 aliphatic rings. The molecule has 0 spiro atoms. The van der Waals surface area contributed by atoms with Crippen molar-refractivity contribution in [3.63, 3.8) is 0 Å². The molecule has 3 rings (SSSR count). The van der Waals surface area contributed by atoms with Crippen molar-refractivity contribution in [1.29, 1.82) is 0 Å². The molecule has 10 heteroatoms. The third-order valence-electron chi connectivity index (χ3n) is 4.58. The maximum absolute atomic E-state index is 13.0. The first-order valence-electron chi connectivity index (χ1n) is 9.89. The second-order valence-corrected chi connectivity index (χ2v) is 8.64. The molecule has 2 aromatic rings. The van der Waals surface area contributed by atoms with Gasteiger partial charge in [0.15, 0.2) is 6.61 Å². The first kappa shape index (κ1) is 22.7. The average molecular weight is 448 g/mol. The minimum absolute atomic E-state index is 0.0451. The summed E-state index contributed by atoms with van der Waals surface area (Å²) in [7, 11) is -3.82. The van der Waals surface area contributed by atoms with Gasteiger partial charge in [-0.15, -0.1) is 0 Å². The van der Waals surface area contributed by atoms with Crippen molar-refractivity contribution in [2.75, 3.05) is 44.8 Å². The fourth-order valence-electron chi connectivity index (χ4n) is 3.04. The Hall–Kier alpha value is -2.95. The van der Waals surface area contributed by atoms with E-state index in [2.05, 4.69) is 10.6 Å². The third kappa shape index (κ3) is 5.81. The summed E-state index contributed by atoms with van der Waals surface area (Å²) >= 11 is 0. The van der Waals surface area contributed by atoms with E-state index in [-0.39, 0.29) is 36.1 Å². The Morgan fingerprint density at radius 3 is 2.42 bits per heavy atom. The summed E-state index contributed by atoms with van der Waals surface area (Å²) in [5.74, 6) is -0.291. The highest BCUT2D eigenvalue weighted by Crippen LogP contribution is 2.23. The van der Waals surface area contributed by atoms with Crippen molar-refractivity contribution < 1.29 is 27.5 Å². The number of carbonyl (C=O) groups is 2. The van der Waals surface area contributed by atoms with Crippen molar-refractivity contribution in [1.82, 2.24) is 9.62 Å². The van der Waals surface area contributed by atoms with Crippen LogP contribution in [0.15, 0.2) is 53.4 Å². The smallest absolute Gasteiger partial charge is 0.257 e. The molecule has 0 bridgehead atoms. The Labute approximate surface area is 181 Å². The van der Waals surface area contributed by atoms with Crippen LogP contribution in [0.1, 0.15) is 17.3 Å². The Morgan fingerprint density at radius 1 is 1.06 bits per heavy atom. The molecule has 1 fully saturated rings. The number of ether oxygens (including phenoxy) is 2. The largest absolute Gasteiger partial charge is 0.484 e. The number of nitrogens with zero attached hydrogens (tertiary/aromatic N) is 1. The maximum atomic E-state index is 13.0. The second-order valence-electron chi connectivity index (χ2n) is 6.73. The Morgan fingerprint density at radius 2 is 1.74 bits per heavy atom. The van der Waals surface area contributed by atoms with Gasteiger partial charge < -0.3 is 20.1 Å². The predicted molar refractivity (Wildman–Crippen MR) is 115 cm³/mol. The van der Waals surface area contributed by atoms with E-state index in [0.717, 1.165) is 0 Å². The summed E-state index contributed by atoms with van der Waals surface area (Å²) in [6.07, 6.45) is 0. The number of nitrogens with one attached hydrogen (secondary N) is 2. The second kappa shape index (κ2) is 10.4. The molecular formula is C21H25N3O6S. The van der Waals surface area contributed by atoms with Crippen LogP contribution < -0.4 is 15.4 Å². The Balaban J connectivity index is 1.70. The number of likely N-dealkylation sites (N-methyl/N-ethyl adjacent to an activating group) is 1. The van der Waals surface area contributed by atoms with Gasteiger partial charge in [-0.3, -0.25) is 9.59 Å². The van der Waals surface area contributed by atoms with Crippen molar-refractivity contribution >= 4 is 27.5 Å². The van der Waals surface area contributed by atoms with Crippen LogP contribution in [-0.4, -0.2) is 64.0 Å². The van der Waals surface area contributed by atoms with Gasteiger partial charge in [0.05, 0.1) is 23.7 Å². The maximum Gasteiger partial charge on any atom is 0.257 e. The molecule has 2 amide bonds. The van der Waals surface area contributed by atoms with Gasteiger partial charge in [-0.25, -0.2) is 8.42 Å². The van der Waals surface area contributed by atoms with Gasteiger partial charge in [0.2, 0.25) is 10.0 Å². The van der Waals surface area contributed by atoms with Crippen molar-refractivity contribution in [3.05, 3.63) is 54.1 Å². The zero-order valence-corrected chi connectivity index (χ0v) is 18.0. The van der Waals surface area contributed by atoms with Crippen LogP contribution in [0, 0.1) is 0 Å². The SMILES string of the molecule is CCNC(=O)COc1ccc(NC(=O)c2ccccc2S(=O)(=O)N2CCOCC2)cc1. The Bertz CT molecular complexity index is 1020. The van der Waals surface area contributed by atoms with Gasteiger partial charge in [-0.2, -0.15) is 4.31 Å². The summed E-state index contributed by atoms with van der Waals surface area (Å²) in [4.78, 5) is 24.2. The highest BCUT2D eigenvalue weighted by Gasteiger charge is 2.30. The third-order valence-corrected chi connectivity index (χ3v) is 6.53. The van der Waals surface area contributed by atoms with Crippen molar-refractivity contribution in [2.45, 2.75) is 11.8 Å². The van der Waals surface area contributed by atoms with E-state index in [1.807, 2.05) is 6.92 Å². The quantitative estimate of drug-likeness (QED) is 0.634. The molecule has 1 saturated heterocycles. The van der Waals surface area contributed by atoms with Gasteiger partial charge in [0.1, 0.15) is 5.75 Å². The number of carbonyl (C=O) groups excluding carboxylic acids is 2. The number of benzene rings is 2. The minimum atomic E-state index is -3.82. The lowest BCUT2D eigenvalue weighted by molar-refractivity contribution is -0.122. The number of rotatable bonds is 8. The average Bonchev–Trinajstić information content (AvgIpc) is 2.79. The molecule has 166 valence electrons. The lowest BCUT2D eigenvalue weighted by atomic mass is 10.2. The van der Waals surface area contributed by atoms with E-state index < -0.39 is 15.9 Å². The van der Waals surface area contributed by atoms with Crippen LogP contribution in [0.4, 0.5) is 5.69 Å². The van der Waals surface area contributed by atoms with Crippen molar-refractivity contribution in [2.24, 2.45) is 0 Å². The van der Waals surface area contributed by atoms with E-state index in [4.69, 9.17) is 9.47 Å². The molecule has 0 atom stereocenters. The van der Waals surface area contributed by atoms with Crippen LogP contribution in [0.3, 0.4) is 0 Å². The summed E-state index contributed by atoms with van der Waals surface area (Å²) in [6.45, 7) is 3.37. The number of anilines is 1. The fraction of sp³-hybridized carbons (Fsp3) is 0.333. The van der Waals surface area contributed by atoms with E-state index >= 15 is 0 Å². The number of sulfonamides is 1. The molecule has 0 radical (unpaired) electrons. The van der Waals surface area contributed by atoms with Gasteiger partial charge in [-0.05, 0) is 43.3 Å². The molecule has 0 unspecified atom stereocenters. The number of morpholine rings is 1. The summed E-state index contributed by atoms with van der Waals surface area (Å²) < 4.78 is 38.0. The molecule has 2 N–H and O–H groups in total. The van der Waals surface area contributed by atoms with Crippen LogP contribution in [0.5, 0.6) is 5.75 Å².